The zero-order valence-electron chi connectivity index (χ0n) is 20.1. The number of hydrogen-bond acceptors (Lipinski definition) is 8. The van der Waals surface area contributed by atoms with Crippen LogP contribution in [0.1, 0.15) is 20.8 Å². The summed E-state index contributed by atoms with van der Waals surface area (Å²) in [5.41, 5.74) is 0.570. The van der Waals surface area contributed by atoms with Gasteiger partial charge in [0.25, 0.3) is 0 Å². The van der Waals surface area contributed by atoms with Crippen molar-refractivity contribution in [3.05, 3.63) is 24.3 Å². The van der Waals surface area contributed by atoms with Crippen LogP contribution in [0.3, 0.4) is 0 Å². The highest BCUT2D eigenvalue weighted by atomic mass is 32.2. The Hall–Kier alpha value is -1.99. The molecule has 0 aliphatic rings. The van der Waals surface area contributed by atoms with Gasteiger partial charge >= 0.3 is 0 Å². The molecule has 2 rings (SSSR count). The monoisotopic (exact) mass is 499 g/mol. The van der Waals surface area contributed by atoms with Gasteiger partial charge < -0.3 is 14.8 Å². The van der Waals surface area contributed by atoms with Crippen molar-refractivity contribution in [2.24, 2.45) is 5.92 Å². The van der Waals surface area contributed by atoms with Gasteiger partial charge in [0.05, 0.1) is 17.2 Å². The van der Waals surface area contributed by atoms with Crippen molar-refractivity contribution in [1.29, 1.82) is 0 Å². The maximum absolute atomic E-state index is 12.6. The summed E-state index contributed by atoms with van der Waals surface area (Å²) in [5, 5.41) is 12.0. The molecule has 12 heteroatoms. The summed E-state index contributed by atoms with van der Waals surface area (Å²) in [5.74, 6) is 0.827. The van der Waals surface area contributed by atoms with Crippen LogP contribution in [0.25, 0.3) is 11.4 Å². The highest BCUT2D eigenvalue weighted by molar-refractivity contribution is 7.99. The van der Waals surface area contributed by atoms with E-state index < -0.39 is 16.3 Å². The minimum atomic E-state index is -3.62. The fourth-order valence-corrected chi connectivity index (χ4v) is 4.47. The van der Waals surface area contributed by atoms with E-state index in [0.29, 0.717) is 22.5 Å². The lowest BCUT2D eigenvalue weighted by molar-refractivity contribution is -0.119. The molecule has 0 aliphatic heterocycles. The molecule has 0 spiro atoms. The number of aromatic nitrogens is 3. The predicted octanol–water partition coefficient (Wildman–Crippen LogP) is 2.07. The van der Waals surface area contributed by atoms with Crippen LogP contribution >= 0.6 is 11.8 Å². The van der Waals surface area contributed by atoms with E-state index in [4.69, 9.17) is 9.47 Å². The number of carbonyl (C=O) groups is 1. The van der Waals surface area contributed by atoms with Gasteiger partial charge in [-0.1, -0.05) is 37.7 Å². The van der Waals surface area contributed by atoms with Crippen LogP contribution in [-0.2, 0) is 30.8 Å². The van der Waals surface area contributed by atoms with Crippen LogP contribution in [0, 0.1) is 5.92 Å². The van der Waals surface area contributed by atoms with Gasteiger partial charge in [-0.25, -0.2) is 12.7 Å². The molecule has 1 N–H and O–H groups in total. The van der Waals surface area contributed by atoms with Gasteiger partial charge in [-0.05, 0) is 25.0 Å². The minimum Gasteiger partial charge on any atom is -0.354 e. The molecule has 1 aromatic heterocycles. The Labute approximate surface area is 200 Å². The van der Waals surface area contributed by atoms with E-state index in [9.17, 15) is 13.2 Å². The number of carbonyl (C=O) groups excluding carboxylic acids is 1. The van der Waals surface area contributed by atoms with Crippen molar-refractivity contribution < 1.29 is 22.7 Å². The third kappa shape index (κ3) is 7.00. The zero-order valence-corrected chi connectivity index (χ0v) is 21.7. The zero-order chi connectivity index (χ0) is 24.8. The molecule has 0 radical (unpaired) electrons. The number of sulfonamides is 1. The number of hydrogen-bond donors (Lipinski definition) is 1. The molecule has 1 amide bonds. The number of ether oxygens (including phenoxy) is 2. The highest BCUT2D eigenvalue weighted by Gasteiger charge is 2.22. The number of amides is 1. The second-order valence-corrected chi connectivity index (χ2v) is 11.1. The van der Waals surface area contributed by atoms with Crippen molar-refractivity contribution in [1.82, 2.24) is 24.4 Å². The first kappa shape index (κ1) is 27.3. The van der Waals surface area contributed by atoms with E-state index in [-0.39, 0.29) is 29.1 Å². The molecule has 1 aromatic carbocycles. The molecule has 0 saturated carbocycles. The molecule has 1 atom stereocenters. The van der Waals surface area contributed by atoms with E-state index >= 15 is 0 Å². The summed E-state index contributed by atoms with van der Waals surface area (Å²) >= 11 is 1.24. The molecule has 0 saturated heterocycles. The average Bonchev–Trinajstić information content (AvgIpc) is 3.18. The van der Waals surface area contributed by atoms with Crippen molar-refractivity contribution in [3.8, 4) is 11.4 Å². The quantitative estimate of drug-likeness (QED) is 0.349. The molecule has 0 aliphatic carbocycles. The first-order valence-electron chi connectivity index (χ1n) is 10.4. The van der Waals surface area contributed by atoms with Gasteiger partial charge in [-0.2, -0.15) is 0 Å². The number of nitrogens with zero attached hydrogens (tertiary/aromatic N) is 4. The SMILES string of the molecule is COC(Cn1c(SCC(=O)NC(C)C(C)C)nnc1-c1cccc(S(=O)(=O)N(C)C)c1)OC. The number of rotatable bonds is 12. The smallest absolute Gasteiger partial charge is 0.242 e. The van der Waals surface area contributed by atoms with Crippen LogP contribution in [0.2, 0.25) is 0 Å². The molecule has 184 valence electrons. The minimum absolute atomic E-state index is 0.0549. The van der Waals surface area contributed by atoms with Crippen LogP contribution in [0.5, 0.6) is 0 Å². The average molecular weight is 500 g/mol. The van der Waals surface area contributed by atoms with E-state index in [1.807, 2.05) is 20.8 Å². The molecular formula is C21H33N5O5S2. The Morgan fingerprint density at radius 3 is 2.42 bits per heavy atom. The fourth-order valence-electron chi connectivity index (χ4n) is 2.77. The topological polar surface area (TPSA) is 116 Å². The fraction of sp³-hybridized carbons (Fsp3) is 0.571. The molecule has 2 aromatic rings. The van der Waals surface area contributed by atoms with Crippen LogP contribution in [-0.4, -0.2) is 79.8 Å². The van der Waals surface area contributed by atoms with E-state index in [2.05, 4.69) is 15.5 Å². The summed E-state index contributed by atoms with van der Waals surface area (Å²) in [4.78, 5) is 12.5. The largest absolute Gasteiger partial charge is 0.354 e. The van der Waals surface area contributed by atoms with Gasteiger partial charge in [-0.15, -0.1) is 10.2 Å². The lowest BCUT2D eigenvalue weighted by atomic mass is 10.1. The molecule has 33 heavy (non-hydrogen) atoms. The summed E-state index contributed by atoms with van der Waals surface area (Å²) < 4.78 is 38.8. The van der Waals surface area contributed by atoms with Crippen LogP contribution < -0.4 is 5.32 Å². The third-order valence-corrected chi connectivity index (χ3v) is 7.94. The standard InChI is InChI=1S/C21H33N5O5S2/c1-14(2)15(3)22-18(27)13-32-21-24-23-20(26(21)12-19(30-6)31-7)16-9-8-10-17(11-16)33(28,29)25(4)5/h8-11,14-15,19H,12-13H2,1-7H3,(H,22,27). The van der Waals surface area contributed by atoms with Gasteiger partial charge in [0, 0.05) is 39.9 Å². The Kier molecular flexibility index (Phi) is 9.85. The Balaban J connectivity index is 2.38. The van der Waals surface area contributed by atoms with Crippen molar-refractivity contribution in [2.45, 2.75) is 49.7 Å². The summed E-state index contributed by atoms with van der Waals surface area (Å²) in [6.07, 6.45) is -0.581. The van der Waals surface area contributed by atoms with E-state index in [1.165, 1.54) is 46.1 Å². The Bertz CT molecular complexity index is 1040. The lowest BCUT2D eigenvalue weighted by Gasteiger charge is -2.18. The van der Waals surface area contributed by atoms with Crippen LogP contribution in [0.15, 0.2) is 34.3 Å². The first-order chi connectivity index (χ1) is 15.5. The van der Waals surface area contributed by atoms with Crippen molar-refractivity contribution in [3.63, 3.8) is 0 Å². The normalized spacial score (nSPS) is 13.2. The molecule has 10 nitrogen and oxygen atoms in total. The van der Waals surface area contributed by atoms with Gasteiger partial charge in [0.15, 0.2) is 17.3 Å². The molecule has 0 bridgehead atoms. The van der Waals surface area contributed by atoms with Gasteiger partial charge in [0.2, 0.25) is 15.9 Å². The third-order valence-electron chi connectivity index (χ3n) is 5.17. The highest BCUT2D eigenvalue weighted by Crippen LogP contribution is 2.27. The predicted molar refractivity (Wildman–Crippen MR) is 127 cm³/mol. The Morgan fingerprint density at radius 2 is 1.85 bits per heavy atom. The summed E-state index contributed by atoms with van der Waals surface area (Å²) in [6, 6.07) is 6.55. The van der Waals surface area contributed by atoms with Crippen LogP contribution in [0.4, 0.5) is 0 Å². The summed E-state index contributed by atoms with van der Waals surface area (Å²) in [6.45, 7) is 6.30. The second kappa shape index (κ2) is 11.9. The van der Waals surface area contributed by atoms with E-state index in [0.717, 1.165) is 4.31 Å². The van der Waals surface area contributed by atoms with E-state index in [1.54, 1.807) is 22.8 Å². The molecule has 0 fully saturated rings. The van der Waals surface area contributed by atoms with Crippen molar-refractivity contribution in [2.75, 3.05) is 34.1 Å². The van der Waals surface area contributed by atoms with Gasteiger partial charge in [0.1, 0.15) is 0 Å². The van der Waals surface area contributed by atoms with Gasteiger partial charge in [-0.3, -0.25) is 9.36 Å². The molecule has 1 unspecified atom stereocenters. The number of benzene rings is 1. The number of nitrogens with one attached hydrogen (secondary N) is 1. The number of methoxy groups -OCH3 is 2. The lowest BCUT2D eigenvalue weighted by Crippen LogP contribution is -2.37. The maximum atomic E-state index is 12.6. The molecule has 1 heterocycles. The van der Waals surface area contributed by atoms with Crippen molar-refractivity contribution >= 4 is 27.7 Å². The first-order valence-corrected chi connectivity index (χ1v) is 12.9. The Morgan fingerprint density at radius 1 is 1.18 bits per heavy atom. The summed E-state index contributed by atoms with van der Waals surface area (Å²) in [7, 11) is 2.39. The number of thioether (sulfide) groups is 1. The maximum Gasteiger partial charge on any atom is 0.242 e. The second-order valence-electron chi connectivity index (χ2n) is 8.02. The molecular weight excluding hydrogens is 466 g/mol.